The molecule has 1 fully saturated rings. The summed E-state index contributed by atoms with van der Waals surface area (Å²) in [5.41, 5.74) is 2.95. The number of hydrogen-bond acceptors (Lipinski definition) is 3. The van der Waals surface area contributed by atoms with Gasteiger partial charge in [0, 0.05) is 62.4 Å². The van der Waals surface area contributed by atoms with Crippen LogP contribution < -0.4 is 4.90 Å². The van der Waals surface area contributed by atoms with Crippen LogP contribution in [0.5, 0.6) is 0 Å². The Labute approximate surface area is 181 Å². The fourth-order valence-corrected chi connectivity index (χ4v) is 3.93. The molecule has 1 aliphatic heterocycles. The minimum absolute atomic E-state index is 0.0185. The summed E-state index contributed by atoms with van der Waals surface area (Å²) in [6.45, 7) is 1.85. The van der Waals surface area contributed by atoms with Crippen LogP contribution in [0.3, 0.4) is 0 Å². The van der Waals surface area contributed by atoms with E-state index in [0.717, 1.165) is 15.7 Å². The lowest BCUT2D eigenvalue weighted by molar-refractivity contribution is -0.136. The fraction of sp³-hybridized carbons (Fsp3) is 0.391. The Hall–Kier alpha value is -2.34. The molecular formula is C23H28BrN3O2. The van der Waals surface area contributed by atoms with E-state index < -0.39 is 0 Å². The first-order valence-corrected chi connectivity index (χ1v) is 10.7. The van der Waals surface area contributed by atoms with Gasteiger partial charge in [0.15, 0.2) is 0 Å². The molecule has 0 spiro atoms. The van der Waals surface area contributed by atoms with Crippen LogP contribution in [0.4, 0.5) is 5.69 Å². The topological polar surface area (TPSA) is 43.9 Å². The van der Waals surface area contributed by atoms with E-state index in [0.29, 0.717) is 38.0 Å². The molecule has 0 saturated carbocycles. The molecule has 1 saturated heterocycles. The number of benzene rings is 2. The number of rotatable bonds is 5. The summed E-state index contributed by atoms with van der Waals surface area (Å²) in [7, 11) is 5.89. The Morgan fingerprint density at radius 2 is 1.55 bits per heavy atom. The molecule has 2 aromatic carbocycles. The zero-order valence-electron chi connectivity index (χ0n) is 17.3. The minimum atomic E-state index is -0.0185. The Balaban J connectivity index is 1.52. The van der Waals surface area contributed by atoms with E-state index in [4.69, 9.17) is 0 Å². The van der Waals surface area contributed by atoms with Crippen LogP contribution in [0, 0.1) is 5.92 Å². The molecule has 154 valence electrons. The summed E-state index contributed by atoms with van der Waals surface area (Å²) < 4.78 is 0.956. The number of piperidine rings is 1. The summed E-state index contributed by atoms with van der Waals surface area (Å²) in [5, 5.41) is 0. The van der Waals surface area contributed by atoms with E-state index in [9.17, 15) is 9.59 Å². The Kier molecular flexibility index (Phi) is 6.96. The van der Waals surface area contributed by atoms with E-state index in [1.165, 1.54) is 0 Å². The molecule has 0 atom stereocenters. The van der Waals surface area contributed by atoms with Gasteiger partial charge in [0.2, 0.25) is 5.91 Å². The normalized spacial score (nSPS) is 14.6. The largest absolute Gasteiger partial charge is 0.378 e. The van der Waals surface area contributed by atoms with Crippen LogP contribution in [-0.2, 0) is 11.3 Å². The molecule has 1 aliphatic rings. The van der Waals surface area contributed by atoms with Gasteiger partial charge >= 0.3 is 0 Å². The highest BCUT2D eigenvalue weighted by Crippen LogP contribution is 2.22. The van der Waals surface area contributed by atoms with Crippen molar-refractivity contribution in [3.8, 4) is 0 Å². The van der Waals surface area contributed by atoms with Gasteiger partial charge in [-0.1, -0.05) is 28.1 Å². The number of halogens is 1. The zero-order chi connectivity index (χ0) is 21.0. The first kappa shape index (κ1) is 21.4. The summed E-state index contributed by atoms with van der Waals surface area (Å²) in [5.74, 6) is 0.185. The van der Waals surface area contributed by atoms with Gasteiger partial charge in [0.05, 0.1) is 0 Å². The zero-order valence-corrected chi connectivity index (χ0v) is 18.9. The van der Waals surface area contributed by atoms with Crippen LogP contribution >= 0.6 is 15.9 Å². The number of carbonyl (C=O) groups excluding carboxylic acids is 2. The van der Waals surface area contributed by atoms with Gasteiger partial charge < -0.3 is 14.7 Å². The van der Waals surface area contributed by atoms with Crippen LogP contribution in [0.25, 0.3) is 0 Å². The first-order valence-electron chi connectivity index (χ1n) is 9.91. The Bertz CT molecular complexity index is 841. The molecule has 0 bridgehead atoms. The molecule has 2 amide bonds. The molecule has 0 aliphatic carbocycles. The Morgan fingerprint density at radius 1 is 0.966 bits per heavy atom. The highest BCUT2D eigenvalue weighted by molar-refractivity contribution is 9.10. The summed E-state index contributed by atoms with van der Waals surface area (Å²) in [4.78, 5) is 31.2. The molecule has 0 aromatic heterocycles. The third-order valence-electron chi connectivity index (χ3n) is 5.47. The van der Waals surface area contributed by atoms with Crippen LogP contribution in [0.1, 0.15) is 28.8 Å². The van der Waals surface area contributed by atoms with Gasteiger partial charge in [0.1, 0.15) is 0 Å². The molecule has 0 radical (unpaired) electrons. The maximum Gasteiger partial charge on any atom is 0.253 e. The van der Waals surface area contributed by atoms with Crippen molar-refractivity contribution in [3.63, 3.8) is 0 Å². The van der Waals surface area contributed by atoms with Crippen molar-refractivity contribution in [2.75, 3.05) is 39.1 Å². The summed E-state index contributed by atoms with van der Waals surface area (Å²) >= 11 is 3.39. The molecule has 3 rings (SSSR count). The molecule has 2 aromatic rings. The number of anilines is 1. The van der Waals surface area contributed by atoms with E-state index in [1.54, 1.807) is 0 Å². The van der Waals surface area contributed by atoms with Gasteiger partial charge in [-0.2, -0.15) is 0 Å². The Morgan fingerprint density at radius 3 is 2.10 bits per heavy atom. The minimum Gasteiger partial charge on any atom is -0.378 e. The van der Waals surface area contributed by atoms with Crippen LogP contribution in [0.2, 0.25) is 0 Å². The maximum atomic E-state index is 12.9. The second-order valence-electron chi connectivity index (χ2n) is 7.83. The van der Waals surface area contributed by atoms with Crippen molar-refractivity contribution in [1.29, 1.82) is 0 Å². The second kappa shape index (κ2) is 9.44. The summed E-state index contributed by atoms with van der Waals surface area (Å²) in [6.07, 6.45) is 1.43. The van der Waals surface area contributed by atoms with Crippen molar-refractivity contribution >= 4 is 33.4 Å². The molecule has 29 heavy (non-hydrogen) atoms. The van der Waals surface area contributed by atoms with Crippen molar-refractivity contribution in [2.24, 2.45) is 5.92 Å². The number of carbonyl (C=O) groups is 2. The molecule has 6 heteroatoms. The predicted molar refractivity (Wildman–Crippen MR) is 120 cm³/mol. The van der Waals surface area contributed by atoms with E-state index in [2.05, 4.69) is 45.1 Å². The lowest BCUT2D eigenvalue weighted by Gasteiger charge is -2.33. The molecule has 5 nitrogen and oxygen atoms in total. The highest BCUT2D eigenvalue weighted by atomic mass is 79.9. The molecule has 0 unspecified atom stereocenters. The monoisotopic (exact) mass is 457 g/mol. The van der Waals surface area contributed by atoms with Crippen LogP contribution in [0.15, 0.2) is 53.0 Å². The van der Waals surface area contributed by atoms with Gasteiger partial charge in [-0.3, -0.25) is 9.59 Å². The third kappa shape index (κ3) is 5.38. The van der Waals surface area contributed by atoms with Gasteiger partial charge in [0.25, 0.3) is 5.91 Å². The SMILES string of the molecule is CN(Cc1ccc(N(C)C)cc1)C(=O)C1CCN(C(=O)c2ccc(Br)cc2)CC1. The van der Waals surface area contributed by atoms with E-state index in [1.807, 2.05) is 55.2 Å². The fourth-order valence-electron chi connectivity index (χ4n) is 3.67. The van der Waals surface area contributed by atoms with Crippen molar-refractivity contribution in [3.05, 3.63) is 64.1 Å². The quantitative estimate of drug-likeness (QED) is 0.680. The van der Waals surface area contributed by atoms with E-state index in [-0.39, 0.29) is 17.7 Å². The van der Waals surface area contributed by atoms with Crippen molar-refractivity contribution in [1.82, 2.24) is 9.80 Å². The average molecular weight is 458 g/mol. The molecular weight excluding hydrogens is 430 g/mol. The molecule has 0 N–H and O–H groups in total. The van der Waals surface area contributed by atoms with Gasteiger partial charge in [-0.25, -0.2) is 0 Å². The predicted octanol–water partition coefficient (Wildman–Crippen LogP) is 4.03. The number of likely N-dealkylation sites (tertiary alicyclic amines) is 1. The average Bonchev–Trinajstić information content (AvgIpc) is 2.73. The maximum absolute atomic E-state index is 12.9. The number of amides is 2. The van der Waals surface area contributed by atoms with Gasteiger partial charge in [-0.05, 0) is 54.8 Å². The highest BCUT2D eigenvalue weighted by Gasteiger charge is 2.29. The van der Waals surface area contributed by atoms with Crippen LogP contribution in [-0.4, -0.2) is 55.8 Å². The first-order chi connectivity index (χ1) is 13.8. The van der Waals surface area contributed by atoms with Crippen molar-refractivity contribution < 1.29 is 9.59 Å². The van der Waals surface area contributed by atoms with Gasteiger partial charge in [-0.15, -0.1) is 0 Å². The lowest BCUT2D eigenvalue weighted by atomic mass is 9.94. The third-order valence-corrected chi connectivity index (χ3v) is 6.00. The summed E-state index contributed by atoms with van der Waals surface area (Å²) in [6, 6.07) is 15.7. The lowest BCUT2D eigenvalue weighted by Crippen LogP contribution is -2.43. The van der Waals surface area contributed by atoms with E-state index >= 15 is 0 Å². The number of hydrogen-bond donors (Lipinski definition) is 0. The standard InChI is InChI=1S/C23H28BrN3O2/c1-25(2)21-10-4-17(5-11-21)16-26(3)22(28)19-12-14-27(15-13-19)23(29)18-6-8-20(24)9-7-18/h4-11,19H,12-16H2,1-3H3. The number of nitrogens with zero attached hydrogens (tertiary/aromatic N) is 3. The van der Waals surface area contributed by atoms with Crippen molar-refractivity contribution in [2.45, 2.75) is 19.4 Å². The molecule has 1 heterocycles. The second-order valence-corrected chi connectivity index (χ2v) is 8.74. The smallest absolute Gasteiger partial charge is 0.253 e.